The van der Waals surface area contributed by atoms with Crippen molar-refractivity contribution in [2.45, 2.75) is 46.1 Å². The van der Waals surface area contributed by atoms with Crippen LogP contribution >= 0.6 is 0 Å². The van der Waals surface area contributed by atoms with E-state index >= 15 is 0 Å². The maximum Gasteiger partial charge on any atom is 0.317 e. The highest BCUT2D eigenvalue weighted by molar-refractivity contribution is 5.74. The van der Waals surface area contributed by atoms with Crippen LogP contribution in [0.1, 0.15) is 37.3 Å². The molecule has 1 heterocycles. The van der Waals surface area contributed by atoms with Crippen LogP contribution in [0.25, 0.3) is 0 Å². The van der Waals surface area contributed by atoms with Crippen LogP contribution in [-0.4, -0.2) is 61.7 Å². The predicted octanol–water partition coefficient (Wildman–Crippen LogP) is 3.20. The molecule has 0 radical (unpaired) electrons. The third-order valence-corrected chi connectivity index (χ3v) is 4.67. The molecule has 0 bridgehead atoms. The Morgan fingerprint density at radius 1 is 1.32 bits per heavy atom. The van der Waals surface area contributed by atoms with Crippen LogP contribution in [0.5, 0.6) is 5.75 Å². The van der Waals surface area contributed by atoms with Gasteiger partial charge in [0.2, 0.25) is 0 Å². The van der Waals surface area contributed by atoms with E-state index in [0.717, 1.165) is 37.4 Å². The van der Waals surface area contributed by atoms with Crippen molar-refractivity contribution in [1.29, 1.82) is 0 Å². The number of ether oxygens (including phenoxy) is 1. The number of hydrogen-bond donors (Lipinski definition) is 1. The molecular weight excluding hydrogens is 314 g/mol. The average molecular weight is 348 g/mol. The van der Waals surface area contributed by atoms with E-state index in [2.05, 4.69) is 43.1 Å². The van der Waals surface area contributed by atoms with Gasteiger partial charge in [0, 0.05) is 26.2 Å². The number of carbonyl (C=O) groups excluding carboxylic acids is 1. The molecule has 2 rings (SSSR count). The van der Waals surface area contributed by atoms with Gasteiger partial charge in [-0.2, -0.15) is 0 Å². The number of nitrogens with zero attached hydrogens (tertiary/aromatic N) is 2. The molecular formula is C20H33N3O2. The van der Waals surface area contributed by atoms with Crippen LogP contribution in [0.3, 0.4) is 0 Å². The third kappa shape index (κ3) is 6.58. The van der Waals surface area contributed by atoms with Gasteiger partial charge in [-0.15, -0.1) is 0 Å². The summed E-state index contributed by atoms with van der Waals surface area (Å²) in [5.41, 5.74) is 2.39. The first-order valence-corrected chi connectivity index (χ1v) is 9.39. The zero-order valence-electron chi connectivity index (χ0n) is 16.2. The van der Waals surface area contributed by atoms with E-state index in [1.165, 1.54) is 18.4 Å². The van der Waals surface area contributed by atoms with Gasteiger partial charge >= 0.3 is 6.03 Å². The van der Waals surface area contributed by atoms with Crippen molar-refractivity contribution in [3.63, 3.8) is 0 Å². The number of nitrogens with one attached hydrogen (secondary N) is 1. The van der Waals surface area contributed by atoms with E-state index in [1.54, 1.807) is 4.90 Å². The zero-order chi connectivity index (χ0) is 18.2. The van der Waals surface area contributed by atoms with Crippen LogP contribution in [0.15, 0.2) is 18.2 Å². The number of likely N-dealkylation sites (tertiary alicyclic amines) is 1. The Kier molecular flexibility index (Phi) is 7.56. The fourth-order valence-electron chi connectivity index (χ4n) is 3.27. The molecule has 0 saturated carbocycles. The molecule has 5 nitrogen and oxygen atoms in total. The molecule has 0 spiro atoms. The molecule has 1 aromatic rings. The van der Waals surface area contributed by atoms with Gasteiger partial charge in [0.25, 0.3) is 0 Å². The molecule has 1 saturated heterocycles. The first kappa shape index (κ1) is 19.6. The molecule has 140 valence electrons. The van der Waals surface area contributed by atoms with Gasteiger partial charge in [-0.3, -0.25) is 0 Å². The fraction of sp³-hybridized carbons (Fsp3) is 0.650. The third-order valence-electron chi connectivity index (χ3n) is 4.67. The Hall–Kier alpha value is -1.75. The van der Waals surface area contributed by atoms with Crippen LogP contribution in [0.4, 0.5) is 4.79 Å². The largest absolute Gasteiger partial charge is 0.493 e. The standard InChI is InChI=1S/C20H33N3O2/c1-16-8-9-19(17(2)14-16)25-13-7-10-22(4)20(24)21-18(3)15-23-11-5-6-12-23/h8-9,14,18H,5-7,10-13,15H2,1-4H3,(H,21,24)/t18-/m0/s1. The Bertz CT molecular complexity index is 556. The highest BCUT2D eigenvalue weighted by Crippen LogP contribution is 2.18. The number of amides is 2. The summed E-state index contributed by atoms with van der Waals surface area (Å²) >= 11 is 0. The van der Waals surface area contributed by atoms with Gasteiger partial charge in [0.1, 0.15) is 5.75 Å². The molecule has 5 heteroatoms. The van der Waals surface area contributed by atoms with Crippen molar-refractivity contribution < 1.29 is 9.53 Å². The van der Waals surface area contributed by atoms with Gasteiger partial charge in [-0.1, -0.05) is 17.7 Å². The second kappa shape index (κ2) is 9.66. The van der Waals surface area contributed by atoms with Gasteiger partial charge < -0.3 is 19.9 Å². The van der Waals surface area contributed by atoms with Crippen molar-refractivity contribution in [3.05, 3.63) is 29.3 Å². The van der Waals surface area contributed by atoms with Crippen molar-refractivity contribution in [2.24, 2.45) is 0 Å². The molecule has 2 amide bonds. The van der Waals surface area contributed by atoms with Gasteiger partial charge in [0.15, 0.2) is 0 Å². The molecule has 0 unspecified atom stereocenters. The summed E-state index contributed by atoms with van der Waals surface area (Å²) in [6, 6.07) is 6.37. The lowest BCUT2D eigenvalue weighted by atomic mass is 10.1. The maximum absolute atomic E-state index is 12.2. The second-order valence-electron chi connectivity index (χ2n) is 7.25. The van der Waals surface area contributed by atoms with E-state index in [0.29, 0.717) is 13.2 Å². The number of urea groups is 1. The molecule has 1 aliphatic rings. The summed E-state index contributed by atoms with van der Waals surface area (Å²) in [7, 11) is 1.84. The summed E-state index contributed by atoms with van der Waals surface area (Å²) in [6.07, 6.45) is 3.37. The number of carbonyl (C=O) groups is 1. The number of rotatable bonds is 8. The average Bonchev–Trinajstić information content (AvgIpc) is 3.05. The smallest absolute Gasteiger partial charge is 0.317 e. The molecule has 1 atom stereocenters. The number of aryl methyl sites for hydroxylation is 2. The molecule has 1 aromatic carbocycles. The minimum atomic E-state index is -0.00165. The summed E-state index contributed by atoms with van der Waals surface area (Å²) in [4.78, 5) is 16.4. The summed E-state index contributed by atoms with van der Waals surface area (Å²) in [5, 5.41) is 3.08. The molecule has 0 aliphatic carbocycles. The molecule has 1 aliphatic heterocycles. The summed E-state index contributed by atoms with van der Waals surface area (Å²) in [6.45, 7) is 10.8. The fourth-order valence-corrected chi connectivity index (χ4v) is 3.27. The van der Waals surface area contributed by atoms with Crippen molar-refractivity contribution in [2.75, 3.05) is 39.8 Å². The summed E-state index contributed by atoms with van der Waals surface area (Å²) in [5.74, 6) is 0.928. The van der Waals surface area contributed by atoms with Gasteiger partial charge in [-0.25, -0.2) is 4.79 Å². The van der Waals surface area contributed by atoms with Crippen LogP contribution in [-0.2, 0) is 0 Å². The molecule has 0 aromatic heterocycles. The minimum absolute atomic E-state index is 0.00165. The highest BCUT2D eigenvalue weighted by atomic mass is 16.5. The van der Waals surface area contributed by atoms with Crippen LogP contribution in [0, 0.1) is 13.8 Å². The Morgan fingerprint density at radius 2 is 2.04 bits per heavy atom. The normalized spacial score (nSPS) is 15.8. The number of hydrogen-bond acceptors (Lipinski definition) is 3. The quantitative estimate of drug-likeness (QED) is 0.735. The van der Waals surface area contributed by atoms with Crippen LogP contribution in [0.2, 0.25) is 0 Å². The Labute approximate surface area is 152 Å². The Balaban J connectivity index is 1.63. The minimum Gasteiger partial charge on any atom is -0.493 e. The van der Waals surface area contributed by atoms with E-state index < -0.39 is 0 Å². The first-order valence-electron chi connectivity index (χ1n) is 9.39. The van der Waals surface area contributed by atoms with Crippen molar-refractivity contribution >= 4 is 6.03 Å². The van der Waals surface area contributed by atoms with E-state index in [-0.39, 0.29) is 12.1 Å². The van der Waals surface area contributed by atoms with Crippen molar-refractivity contribution in [3.8, 4) is 5.75 Å². The lowest BCUT2D eigenvalue weighted by molar-refractivity contribution is 0.195. The molecule has 1 fully saturated rings. The molecule has 25 heavy (non-hydrogen) atoms. The van der Waals surface area contributed by atoms with E-state index in [1.807, 2.05) is 13.1 Å². The summed E-state index contributed by atoms with van der Waals surface area (Å²) < 4.78 is 5.83. The van der Waals surface area contributed by atoms with Crippen LogP contribution < -0.4 is 10.1 Å². The van der Waals surface area contributed by atoms with E-state index in [9.17, 15) is 4.79 Å². The lowest BCUT2D eigenvalue weighted by Gasteiger charge is -2.24. The monoisotopic (exact) mass is 347 g/mol. The van der Waals surface area contributed by atoms with E-state index in [4.69, 9.17) is 4.74 Å². The highest BCUT2D eigenvalue weighted by Gasteiger charge is 2.17. The SMILES string of the molecule is Cc1ccc(OCCCN(C)C(=O)N[C@@H](C)CN2CCCC2)c(C)c1. The zero-order valence-corrected chi connectivity index (χ0v) is 16.2. The van der Waals surface area contributed by atoms with Gasteiger partial charge in [-0.05, 0) is 64.8 Å². The lowest BCUT2D eigenvalue weighted by Crippen LogP contribution is -2.46. The second-order valence-corrected chi connectivity index (χ2v) is 7.25. The first-order chi connectivity index (χ1) is 12.0. The van der Waals surface area contributed by atoms with Gasteiger partial charge in [0.05, 0.1) is 6.61 Å². The maximum atomic E-state index is 12.2. The molecule has 1 N–H and O–H groups in total. The Morgan fingerprint density at radius 3 is 2.72 bits per heavy atom. The van der Waals surface area contributed by atoms with Crippen molar-refractivity contribution in [1.82, 2.24) is 15.1 Å². The number of benzene rings is 1. The topological polar surface area (TPSA) is 44.8 Å². The predicted molar refractivity (Wildman–Crippen MR) is 102 cm³/mol.